The van der Waals surface area contributed by atoms with Crippen LogP contribution in [0.15, 0.2) is 24.3 Å². The number of benzene rings is 1. The smallest absolute Gasteiger partial charge is 0.236 e. The Balaban J connectivity index is 1.95. The first kappa shape index (κ1) is 19.4. The Morgan fingerprint density at radius 2 is 2.15 bits per heavy atom. The largest absolute Gasteiger partial charge is 0.497 e. The van der Waals surface area contributed by atoms with E-state index in [0.717, 1.165) is 34.9 Å². The highest BCUT2D eigenvalue weighted by Crippen LogP contribution is 2.31. The highest BCUT2D eigenvalue weighted by Gasteiger charge is 2.31. The van der Waals surface area contributed by atoms with Crippen molar-refractivity contribution in [3.63, 3.8) is 0 Å². The van der Waals surface area contributed by atoms with E-state index in [-0.39, 0.29) is 11.9 Å². The minimum atomic E-state index is 0.0157. The molecule has 1 atom stereocenters. The van der Waals surface area contributed by atoms with Crippen LogP contribution in [0.3, 0.4) is 0 Å². The molecule has 0 unspecified atom stereocenters. The zero-order valence-electron chi connectivity index (χ0n) is 16.7. The monoisotopic (exact) mass is 372 g/mol. The first-order chi connectivity index (χ1) is 12.9. The molecule has 0 radical (unpaired) electrons. The van der Waals surface area contributed by atoms with Crippen molar-refractivity contribution in [2.45, 2.75) is 19.9 Å². The van der Waals surface area contributed by atoms with Gasteiger partial charge in [0, 0.05) is 38.0 Å². The number of amides is 1. The van der Waals surface area contributed by atoms with Crippen LogP contribution in [-0.4, -0.2) is 73.0 Å². The Hall–Kier alpha value is -2.38. The quantitative estimate of drug-likeness (QED) is 0.803. The molecule has 27 heavy (non-hydrogen) atoms. The van der Waals surface area contributed by atoms with Crippen LogP contribution in [-0.2, 0) is 9.53 Å². The number of methoxy groups -OCH3 is 1. The minimum Gasteiger partial charge on any atom is -0.497 e. The molecule has 3 rings (SSSR count). The van der Waals surface area contributed by atoms with Gasteiger partial charge in [0.2, 0.25) is 5.91 Å². The number of carbonyl (C=O) groups excluding carboxylic acids is 1. The molecule has 0 N–H and O–H groups in total. The molecule has 1 amide bonds. The highest BCUT2D eigenvalue weighted by molar-refractivity contribution is 5.77. The van der Waals surface area contributed by atoms with E-state index in [1.165, 1.54) is 0 Å². The third-order valence-corrected chi connectivity index (χ3v) is 5.05. The van der Waals surface area contributed by atoms with E-state index in [0.29, 0.717) is 19.8 Å². The number of likely N-dealkylation sites (N-methyl/N-ethyl adjacent to an activating group) is 1. The molecule has 0 spiro atoms. The van der Waals surface area contributed by atoms with E-state index in [1.54, 1.807) is 26.1 Å². The SMILES string of the molecule is COc1cccc(-n2nc(C)c([C@H]3COCCN3CC(=O)N(C)C)c2C)c1. The summed E-state index contributed by atoms with van der Waals surface area (Å²) in [6.45, 7) is 6.39. The predicted octanol–water partition coefficient (Wildman–Crippen LogP) is 1.96. The van der Waals surface area contributed by atoms with Crippen molar-refractivity contribution >= 4 is 5.91 Å². The molecular formula is C20H28N4O3. The average Bonchev–Trinajstić information content (AvgIpc) is 2.96. The van der Waals surface area contributed by atoms with Crippen LogP contribution in [0.25, 0.3) is 5.69 Å². The van der Waals surface area contributed by atoms with Gasteiger partial charge in [0.05, 0.1) is 44.3 Å². The van der Waals surface area contributed by atoms with Gasteiger partial charge in [0.15, 0.2) is 0 Å². The molecule has 2 heterocycles. The van der Waals surface area contributed by atoms with Gasteiger partial charge in [-0.2, -0.15) is 5.10 Å². The van der Waals surface area contributed by atoms with Crippen LogP contribution >= 0.6 is 0 Å². The van der Waals surface area contributed by atoms with Crippen LogP contribution in [0.2, 0.25) is 0 Å². The average molecular weight is 372 g/mol. The fourth-order valence-corrected chi connectivity index (χ4v) is 3.54. The lowest BCUT2D eigenvalue weighted by molar-refractivity contribution is -0.132. The van der Waals surface area contributed by atoms with Gasteiger partial charge in [-0.15, -0.1) is 0 Å². The van der Waals surface area contributed by atoms with Crippen molar-refractivity contribution in [1.29, 1.82) is 0 Å². The van der Waals surface area contributed by atoms with Gasteiger partial charge >= 0.3 is 0 Å². The summed E-state index contributed by atoms with van der Waals surface area (Å²) in [7, 11) is 5.23. The van der Waals surface area contributed by atoms with Crippen molar-refractivity contribution in [3.05, 3.63) is 41.2 Å². The third-order valence-electron chi connectivity index (χ3n) is 5.05. The number of carbonyl (C=O) groups is 1. The van der Waals surface area contributed by atoms with Gasteiger partial charge in [0.1, 0.15) is 5.75 Å². The number of morpholine rings is 1. The second-order valence-electron chi connectivity index (χ2n) is 7.05. The number of hydrogen-bond acceptors (Lipinski definition) is 5. The van der Waals surface area contributed by atoms with Crippen molar-refractivity contribution in [1.82, 2.24) is 19.6 Å². The molecule has 146 valence electrons. The molecule has 0 aliphatic carbocycles. The third kappa shape index (κ3) is 3.99. The van der Waals surface area contributed by atoms with Gasteiger partial charge in [-0.05, 0) is 26.0 Å². The van der Waals surface area contributed by atoms with E-state index in [2.05, 4.69) is 11.8 Å². The summed E-state index contributed by atoms with van der Waals surface area (Å²) in [6, 6.07) is 7.86. The lowest BCUT2D eigenvalue weighted by Gasteiger charge is -2.36. The molecular weight excluding hydrogens is 344 g/mol. The first-order valence-corrected chi connectivity index (χ1v) is 9.15. The summed E-state index contributed by atoms with van der Waals surface area (Å²) in [5, 5.41) is 4.76. The zero-order valence-corrected chi connectivity index (χ0v) is 16.7. The van der Waals surface area contributed by atoms with Gasteiger partial charge in [0.25, 0.3) is 0 Å². The second-order valence-corrected chi connectivity index (χ2v) is 7.05. The normalized spacial score (nSPS) is 17.7. The van der Waals surface area contributed by atoms with E-state index in [4.69, 9.17) is 14.6 Å². The molecule has 1 aliphatic rings. The summed E-state index contributed by atoms with van der Waals surface area (Å²) in [5.74, 6) is 0.887. The molecule has 7 heteroatoms. The molecule has 7 nitrogen and oxygen atoms in total. The number of nitrogens with zero attached hydrogens (tertiary/aromatic N) is 4. The van der Waals surface area contributed by atoms with E-state index >= 15 is 0 Å². The fourth-order valence-electron chi connectivity index (χ4n) is 3.54. The maximum atomic E-state index is 12.3. The predicted molar refractivity (Wildman–Crippen MR) is 103 cm³/mol. The number of aromatic nitrogens is 2. The van der Waals surface area contributed by atoms with Gasteiger partial charge < -0.3 is 14.4 Å². The Morgan fingerprint density at radius 3 is 2.85 bits per heavy atom. The highest BCUT2D eigenvalue weighted by atomic mass is 16.5. The number of ether oxygens (including phenoxy) is 2. The van der Waals surface area contributed by atoms with Gasteiger partial charge in [-0.3, -0.25) is 9.69 Å². The summed E-state index contributed by atoms with van der Waals surface area (Å²) in [4.78, 5) is 16.1. The standard InChI is InChI=1S/C20H28N4O3/c1-14-20(18-13-27-10-9-23(18)12-19(25)22(3)4)15(2)24(21-14)16-7-6-8-17(11-16)26-5/h6-8,11,18H,9-10,12-13H2,1-5H3/t18-/m1/s1. The van der Waals surface area contributed by atoms with Crippen LogP contribution in [0, 0.1) is 13.8 Å². The van der Waals surface area contributed by atoms with E-state index in [1.807, 2.05) is 35.9 Å². The lowest BCUT2D eigenvalue weighted by Crippen LogP contribution is -2.45. The van der Waals surface area contributed by atoms with E-state index in [9.17, 15) is 4.79 Å². The number of hydrogen-bond donors (Lipinski definition) is 0. The van der Waals surface area contributed by atoms with E-state index < -0.39 is 0 Å². The second kappa shape index (κ2) is 8.10. The molecule has 2 aromatic rings. The van der Waals surface area contributed by atoms with Crippen molar-refractivity contribution < 1.29 is 14.3 Å². The molecule has 0 saturated carbocycles. The maximum Gasteiger partial charge on any atom is 0.236 e. The molecule has 1 aromatic carbocycles. The zero-order chi connectivity index (χ0) is 19.6. The van der Waals surface area contributed by atoms with Crippen LogP contribution < -0.4 is 4.74 Å². The van der Waals surface area contributed by atoms with Crippen molar-refractivity contribution in [2.75, 3.05) is 47.5 Å². The molecule has 1 fully saturated rings. The molecule has 1 aliphatic heterocycles. The van der Waals surface area contributed by atoms with Gasteiger partial charge in [-0.1, -0.05) is 6.07 Å². The van der Waals surface area contributed by atoms with Crippen molar-refractivity contribution in [3.8, 4) is 11.4 Å². The summed E-state index contributed by atoms with van der Waals surface area (Å²) in [6.07, 6.45) is 0. The minimum absolute atomic E-state index is 0.0157. The number of aryl methyl sites for hydroxylation is 1. The van der Waals surface area contributed by atoms with Crippen LogP contribution in [0.4, 0.5) is 0 Å². The number of rotatable bonds is 5. The summed E-state index contributed by atoms with van der Waals surface area (Å²) < 4.78 is 13.0. The molecule has 1 saturated heterocycles. The topological polar surface area (TPSA) is 59.8 Å². The Bertz CT molecular complexity index is 816. The molecule has 1 aromatic heterocycles. The Kier molecular flexibility index (Phi) is 5.82. The van der Waals surface area contributed by atoms with Gasteiger partial charge in [-0.25, -0.2) is 4.68 Å². The maximum absolute atomic E-state index is 12.3. The summed E-state index contributed by atoms with van der Waals surface area (Å²) >= 11 is 0. The Morgan fingerprint density at radius 1 is 1.37 bits per heavy atom. The summed E-state index contributed by atoms with van der Waals surface area (Å²) in [5.41, 5.74) is 4.09. The lowest BCUT2D eigenvalue weighted by atomic mass is 10.0. The fraction of sp³-hybridized carbons (Fsp3) is 0.500. The Labute approximate surface area is 160 Å². The first-order valence-electron chi connectivity index (χ1n) is 9.15. The van der Waals surface area contributed by atoms with Crippen LogP contribution in [0.5, 0.6) is 5.75 Å². The van der Waals surface area contributed by atoms with Crippen molar-refractivity contribution in [2.24, 2.45) is 0 Å². The van der Waals surface area contributed by atoms with Crippen LogP contribution in [0.1, 0.15) is 23.0 Å². The molecule has 0 bridgehead atoms.